The molecule has 6 nitrogen and oxygen atoms in total. The standard InChI is InChI=1S/C16H26N2O4S/c1-13-4-3-9-18(16(13)12-17)23(19,20)15-7-5-14(6-8-15)22-11-10-21-2/h5-8,13,16H,3-4,9-12,17H2,1-2H3/t13-,16+/m1/s1. The Bertz CT molecular complexity index is 589. The average molecular weight is 342 g/mol. The average Bonchev–Trinajstić information content (AvgIpc) is 2.55. The minimum Gasteiger partial charge on any atom is -0.491 e. The number of methoxy groups -OCH3 is 1. The molecule has 0 amide bonds. The number of ether oxygens (including phenoxy) is 2. The quantitative estimate of drug-likeness (QED) is 0.759. The van der Waals surface area contributed by atoms with Gasteiger partial charge in [-0.2, -0.15) is 4.31 Å². The van der Waals surface area contributed by atoms with E-state index in [0.29, 0.717) is 32.1 Å². The summed E-state index contributed by atoms with van der Waals surface area (Å²) in [5.74, 6) is 0.906. The summed E-state index contributed by atoms with van der Waals surface area (Å²) in [4.78, 5) is 0.282. The first-order valence-corrected chi connectivity index (χ1v) is 9.38. The van der Waals surface area contributed by atoms with Crippen molar-refractivity contribution in [3.8, 4) is 5.75 Å². The highest BCUT2D eigenvalue weighted by atomic mass is 32.2. The minimum atomic E-state index is -3.53. The predicted molar refractivity (Wildman–Crippen MR) is 88.9 cm³/mol. The number of nitrogens with two attached hydrogens (primary N) is 1. The summed E-state index contributed by atoms with van der Waals surface area (Å²) in [6, 6.07) is 6.39. The molecule has 0 aliphatic carbocycles. The highest BCUT2D eigenvalue weighted by molar-refractivity contribution is 7.89. The molecule has 2 N–H and O–H groups in total. The third kappa shape index (κ3) is 4.23. The lowest BCUT2D eigenvalue weighted by atomic mass is 9.93. The third-order valence-electron chi connectivity index (χ3n) is 4.29. The molecule has 130 valence electrons. The first kappa shape index (κ1) is 18.2. The van der Waals surface area contributed by atoms with E-state index in [1.54, 1.807) is 35.7 Å². The second kappa shape index (κ2) is 8.10. The summed E-state index contributed by atoms with van der Waals surface area (Å²) in [5.41, 5.74) is 5.81. The zero-order valence-electron chi connectivity index (χ0n) is 13.8. The molecular weight excluding hydrogens is 316 g/mol. The first-order valence-electron chi connectivity index (χ1n) is 7.94. The third-order valence-corrected chi connectivity index (χ3v) is 6.23. The normalized spacial score (nSPS) is 22.9. The molecule has 1 heterocycles. The van der Waals surface area contributed by atoms with Crippen LogP contribution < -0.4 is 10.5 Å². The van der Waals surface area contributed by atoms with Gasteiger partial charge in [0.25, 0.3) is 0 Å². The molecule has 7 heteroatoms. The Morgan fingerprint density at radius 1 is 1.26 bits per heavy atom. The van der Waals surface area contributed by atoms with Gasteiger partial charge in [-0.15, -0.1) is 0 Å². The van der Waals surface area contributed by atoms with Crippen LogP contribution in [0.1, 0.15) is 19.8 Å². The molecule has 1 aliphatic rings. The fourth-order valence-electron chi connectivity index (χ4n) is 2.95. The SMILES string of the molecule is COCCOc1ccc(S(=O)(=O)N2CCC[C@@H](C)[C@@H]2CN)cc1. The van der Waals surface area contributed by atoms with Crippen molar-refractivity contribution in [3.05, 3.63) is 24.3 Å². The van der Waals surface area contributed by atoms with E-state index < -0.39 is 10.0 Å². The smallest absolute Gasteiger partial charge is 0.243 e. The van der Waals surface area contributed by atoms with Crippen molar-refractivity contribution in [2.45, 2.75) is 30.7 Å². The number of piperidine rings is 1. The lowest BCUT2D eigenvalue weighted by Gasteiger charge is -2.38. The molecule has 0 spiro atoms. The Kier molecular flexibility index (Phi) is 6.41. The molecule has 0 bridgehead atoms. The summed E-state index contributed by atoms with van der Waals surface area (Å²) in [6.45, 7) is 3.86. The van der Waals surface area contributed by atoms with Crippen molar-refractivity contribution >= 4 is 10.0 Å². The van der Waals surface area contributed by atoms with Crippen LogP contribution in [-0.4, -0.2) is 52.2 Å². The van der Waals surface area contributed by atoms with Crippen molar-refractivity contribution in [2.75, 3.05) is 33.4 Å². The zero-order chi connectivity index (χ0) is 16.9. The van der Waals surface area contributed by atoms with Crippen LogP contribution in [0, 0.1) is 5.92 Å². The summed E-state index contributed by atoms with van der Waals surface area (Å²) >= 11 is 0. The Morgan fingerprint density at radius 2 is 1.96 bits per heavy atom. The summed E-state index contributed by atoms with van der Waals surface area (Å²) in [6.07, 6.45) is 1.88. The van der Waals surface area contributed by atoms with Gasteiger partial charge in [-0.1, -0.05) is 6.92 Å². The Labute approximate surface area is 138 Å². The van der Waals surface area contributed by atoms with E-state index in [2.05, 4.69) is 6.92 Å². The van der Waals surface area contributed by atoms with Crippen LogP contribution in [0.2, 0.25) is 0 Å². The highest BCUT2D eigenvalue weighted by Crippen LogP contribution is 2.29. The first-order chi connectivity index (χ1) is 11.0. The Balaban J connectivity index is 2.15. The van der Waals surface area contributed by atoms with Gasteiger partial charge in [0.05, 0.1) is 11.5 Å². The van der Waals surface area contributed by atoms with Crippen LogP contribution >= 0.6 is 0 Å². The molecule has 1 aromatic carbocycles. The van der Waals surface area contributed by atoms with Crippen LogP contribution in [0.15, 0.2) is 29.2 Å². The van der Waals surface area contributed by atoms with E-state index in [0.717, 1.165) is 12.8 Å². The maximum atomic E-state index is 12.9. The van der Waals surface area contributed by atoms with Gasteiger partial charge < -0.3 is 15.2 Å². The molecule has 2 rings (SSSR count). The van der Waals surface area contributed by atoms with E-state index in [1.807, 2.05) is 0 Å². The Morgan fingerprint density at radius 3 is 2.57 bits per heavy atom. The topological polar surface area (TPSA) is 81.9 Å². The molecule has 23 heavy (non-hydrogen) atoms. The summed E-state index contributed by atoms with van der Waals surface area (Å²) in [7, 11) is -1.92. The number of sulfonamides is 1. The molecule has 0 aromatic heterocycles. The molecule has 0 unspecified atom stereocenters. The fraction of sp³-hybridized carbons (Fsp3) is 0.625. The number of benzene rings is 1. The maximum absolute atomic E-state index is 12.9. The number of hydrogen-bond acceptors (Lipinski definition) is 5. The molecular formula is C16H26N2O4S. The van der Waals surface area contributed by atoms with Gasteiger partial charge in [0.15, 0.2) is 0 Å². The van der Waals surface area contributed by atoms with E-state index in [9.17, 15) is 8.42 Å². The number of rotatable bonds is 7. The van der Waals surface area contributed by atoms with Crippen LogP contribution in [-0.2, 0) is 14.8 Å². The fourth-order valence-corrected chi connectivity index (χ4v) is 4.72. The van der Waals surface area contributed by atoms with Gasteiger partial charge >= 0.3 is 0 Å². The minimum absolute atomic E-state index is 0.133. The number of nitrogens with zero attached hydrogens (tertiary/aromatic N) is 1. The van der Waals surface area contributed by atoms with Crippen molar-refractivity contribution in [1.82, 2.24) is 4.31 Å². The lowest BCUT2D eigenvalue weighted by Crippen LogP contribution is -2.51. The number of hydrogen-bond donors (Lipinski definition) is 1. The largest absolute Gasteiger partial charge is 0.491 e. The summed E-state index contributed by atoms with van der Waals surface area (Å²) in [5, 5.41) is 0. The van der Waals surface area contributed by atoms with Crippen molar-refractivity contribution in [2.24, 2.45) is 11.7 Å². The van der Waals surface area contributed by atoms with Gasteiger partial charge in [-0.3, -0.25) is 0 Å². The Hall–Kier alpha value is -1.15. The monoisotopic (exact) mass is 342 g/mol. The molecule has 0 radical (unpaired) electrons. The zero-order valence-corrected chi connectivity index (χ0v) is 14.6. The second-order valence-corrected chi connectivity index (χ2v) is 7.74. The molecule has 0 saturated carbocycles. The molecule has 1 fully saturated rings. The van der Waals surface area contributed by atoms with Gasteiger partial charge in [-0.25, -0.2) is 8.42 Å². The van der Waals surface area contributed by atoms with Crippen LogP contribution in [0.5, 0.6) is 5.75 Å². The van der Waals surface area contributed by atoms with Gasteiger partial charge in [-0.05, 0) is 43.0 Å². The molecule has 1 saturated heterocycles. The maximum Gasteiger partial charge on any atom is 0.243 e. The van der Waals surface area contributed by atoms with Gasteiger partial charge in [0, 0.05) is 26.2 Å². The van der Waals surface area contributed by atoms with E-state index in [-0.39, 0.29) is 16.9 Å². The predicted octanol–water partition coefficient (Wildman–Crippen LogP) is 1.46. The lowest BCUT2D eigenvalue weighted by molar-refractivity contribution is 0.146. The summed E-state index contributed by atoms with van der Waals surface area (Å²) < 4.78 is 37.7. The van der Waals surface area contributed by atoms with Crippen molar-refractivity contribution < 1.29 is 17.9 Å². The van der Waals surface area contributed by atoms with E-state index in [1.165, 1.54) is 0 Å². The van der Waals surface area contributed by atoms with E-state index in [4.69, 9.17) is 15.2 Å². The molecule has 1 aliphatic heterocycles. The highest BCUT2D eigenvalue weighted by Gasteiger charge is 2.36. The van der Waals surface area contributed by atoms with Crippen molar-refractivity contribution in [3.63, 3.8) is 0 Å². The molecule has 2 atom stereocenters. The van der Waals surface area contributed by atoms with Crippen LogP contribution in [0.4, 0.5) is 0 Å². The second-order valence-electron chi connectivity index (χ2n) is 5.85. The van der Waals surface area contributed by atoms with Gasteiger partial charge in [0.2, 0.25) is 10.0 Å². The van der Waals surface area contributed by atoms with E-state index >= 15 is 0 Å². The molecule has 1 aromatic rings. The van der Waals surface area contributed by atoms with Crippen LogP contribution in [0.25, 0.3) is 0 Å². The van der Waals surface area contributed by atoms with Crippen LogP contribution in [0.3, 0.4) is 0 Å². The van der Waals surface area contributed by atoms with Gasteiger partial charge in [0.1, 0.15) is 12.4 Å². The van der Waals surface area contributed by atoms with Crippen molar-refractivity contribution in [1.29, 1.82) is 0 Å².